The topological polar surface area (TPSA) is 96.4 Å². The van der Waals surface area contributed by atoms with E-state index < -0.39 is 40.6 Å². The Morgan fingerprint density at radius 3 is 2.52 bits per heavy atom. The van der Waals surface area contributed by atoms with Crippen LogP contribution in [-0.4, -0.2) is 81.8 Å². The summed E-state index contributed by atoms with van der Waals surface area (Å²) < 4.78 is 12.3. The van der Waals surface area contributed by atoms with Gasteiger partial charge in [0.05, 0.1) is 12.5 Å². The largest absolute Gasteiger partial charge is 0.465 e. The van der Waals surface area contributed by atoms with Crippen molar-refractivity contribution in [3.05, 3.63) is 24.3 Å². The molecule has 2 amide bonds. The molecule has 4 heterocycles. The summed E-state index contributed by atoms with van der Waals surface area (Å²) in [7, 11) is 0. The van der Waals surface area contributed by atoms with E-state index in [0.717, 1.165) is 0 Å². The highest BCUT2D eigenvalue weighted by molar-refractivity contribution is 5.99. The number of cyclic esters (lactones) is 1. The van der Waals surface area contributed by atoms with Crippen LogP contribution in [0.4, 0.5) is 0 Å². The van der Waals surface area contributed by atoms with Crippen molar-refractivity contribution in [3.8, 4) is 0 Å². The molecule has 0 aliphatic carbocycles. The lowest BCUT2D eigenvalue weighted by molar-refractivity contribution is -0.162. The van der Waals surface area contributed by atoms with E-state index in [1.807, 2.05) is 52.0 Å². The Bertz CT molecular complexity index is 877. The molecule has 33 heavy (non-hydrogen) atoms. The van der Waals surface area contributed by atoms with E-state index in [2.05, 4.69) is 0 Å². The molecule has 8 nitrogen and oxygen atoms in total. The molecule has 5 atom stereocenters. The Morgan fingerprint density at radius 2 is 1.85 bits per heavy atom. The predicted molar refractivity (Wildman–Crippen MR) is 121 cm³/mol. The lowest BCUT2D eigenvalue weighted by Crippen LogP contribution is -2.59. The molecule has 0 aromatic heterocycles. The van der Waals surface area contributed by atoms with Crippen LogP contribution in [-0.2, 0) is 23.9 Å². The first-order chi connectivity index (χ1) is 15.6. The van der Waals surface area contributed by atoms with Crippen LogP contribution in [0.5, 0.6) is 0 Å². The third-order valence-electron chi connectivity index (χ3n) is 7.52. The van der Waals surface area contributed by atoms with Gasteiger partial charge in [0.15, 0.2) is 0 Å². The quantitative estimate of drug-likeness (QED) is 0.382. The molecule has 4 aliphatic rings. The number of carbonyl (C=O) groups excluding carboxylic acids is 3. The fraction of sp³-hybridized carbons (Fsp3) is 0.720. The molecule has 0 bridgehead atoms. The number of esters is 1. The van der Waals surface area contributed by atoms with E-state index in [0.29, 0.717) is 38.8 Å². The Morgan fingerprint density at radius 1 is 1.09 bits per heavy atom. The van der Waals surface area contributed by atoms with Gasteiger partial charge in [0.25, 0.3) is 0 Å². The zero-order valence-electron chi connectivity index (χ0n) is 20.1. The molecule has 1 unspecified atom stereocenters. The first kappa shape index (κ1) is 24.0. The third-order valence-corrected chi connectivity index (χ3v) is 7.52. The van der Waals surface area contributed by atoms with Crippen LogP contribution >= 0.6 is 0 Å². The summed E-state index contributed by atoms with van der Waals surface area (Å²) >= 11 is 0. The van der Waals surface area contributed by atoms with Crippen molar-refractivity contribution in [1.82, 2.24) is 9.80 Å². The van der Waals surface area contributed by atoms with E-state index in [1.165, 1.54) is 0 Å². The van der Waals surface area contributed by atoms with Gasteiger partial charge in [-0.25, -0.2) is 0 Å². The second-order valence-corrected chi connectivity index (χ2v) is 10.5. The van der Waals surface area contributed by atoms with Gasteiger partial charge in [0, 0.05) is 25.2 Å². The van der Waals surface area contributed by atoms with Gasteiger partial charge in [0.2, 0.25) is 11.8 Å². The van der Waals surface area contributed by atoms with Crippen molar-refractivity contribution >= 4 is 17.8 Å². The highest BCUT2D eigenvalue weighted by atomic mass is 16.6. The summed E-state index contributed by atoms with van der Waals surface area (Å²) in [6, 6.07) is -0.871. The molecule has 182 valence electrons. The molecule has 8 heteroatoms. The SMILES string of the molecule is CC[C@@]12C=CCCOC(=O)[C@@H]1[C@H]1C(=O)N(CCCCO)C3C(=O)N(C(C)(C)C)CC=C[C@@]31O2. The molecule has 1 N–H and O–H groups in total. The number of unbranched alkanes of at least 4 members (excludes halogenated alkanes) is 1. The molecule has 0 aromatic rings. The van der Waals surface area contributed by atoms with Crippen LogP contribution in [0.3, 0.4) is 0 Å². The number of aliphatic hydroxyl groups is 1. The molecular weight excluding hydrogens is 424 g/mol. The van der Waals surface area contributed by atoms with Gasteiger partial charge in [0.1, 0.15) is 23.2 Å². The van der Waals surface area contributed by atoms with Crippen molar-refractivity contribution in [2.24, 2.45) is 11.8 Å². The van der Waals surface area contributed by atoms with E-state index in [4.69, 9.17) is 9.47 Å². The minimum absolute atomic E-state index is 0.0123. The number of rotatable bonds is 5. The summed E-state index contributed by atoms with van der Waals surface area (Å²) in [5.41, 5.74) is -2.71. The molecule has 2 fully saturated rings. The van der Waals surface area contributed by atoms with Crippen LogP contribution in [0.1, 0.15) is 53.4 Å². The zero-order valence-corrected chi connectivity index (χ0v) is 20.1. The van der Waals surface area contributed by atoms with Gasteiger partial charge < -0.3 is 24.4 Å². The Balaban J connectivity index is 1.87. The number of aliphatic hydroxyl groups excluding tert-OH is 1. The van der Waals surface area contributed by atoms with E-state index in [9.17, 15) is 19.5 Å². The van der Waals surface area contributed by atoms with Gasteiger partial charge in [-0.2, -0.15) is 0 Å². The van der Waals surface area contributed by atoms with Gasteiger partial charge in [-0.3, -0.25) is 14.4 Å². The van der Waals surface area contributed by atoms with E-state index >= 15 is 0 Å². The average Bonchev–Trinajstić information content (AvgIpc) is 3.08. The first-order valence-corrected chi connectivity index (χ1v) is 12.1. The first-order valence-electron chi connectivity index (χ1n) is 12.1. The molecule has 1 spiro atoms. The number of ether oxygens (including phenoxy) is 2. The van der Waals surface area contributed by atoms with Gasteiger partial charge in [-0.1, -0.05) is 31.2 Å². The smallest absolute Gasteiger partial charge is 0.313 e. The van der Waals surface area contributed by atoms with Crippen LogP contribution in [0.15, 0.2) is 24.3 Å². The standard InChI is InChI=1S/C25H36N2O6/c1-5-24-11-6-9-16-32-22(31)18(24)17-20(29)26(13-7-8-15-28)19-21(30)27(23(2,3)4)14-10-12-25(17,19)33-24/h6,10-12,17-19,28H,5,7-9,13-16H2,1-4H3/t17-,18-,19?,24+,25-/m0/s1. The van der Waals surface area contributed by atoms with E-state index in [-0.39, 0.29) is 25.0 Å². The second-order valence-electron chi connectivity index (χ2n) is 10.5. The summed E-state index contributed by atoms with van der Waals surface area (Å²) in [6.45, 7) is 8.84. The molecule has 4 rings (SSSR count). The number of likely N-dealkylation sites (tertiary alicyclic amines) is 1. The maximum atomic E-state index is 14.0. The normalized spacial score (nSPS) is 36.2. The minimum atomic E-state index is -1.25. The Labute approximate surface area is 195 Å². The summed E-state index contributed by atoms with van der Waals surface area (Å²) in [6.07, 6.45) is 9.77. The maximum absolute atomic E-state index is 14.0. The van der Waals surface area contributed by atoms with Crippen molar-refractivity contribution in [3.63, 3.8) is 0 Å². The lowest BCUT2D eigenvalue weighted by Gasteiger charge is -2.41. The summed E-state index contributed by atoms with van der Waals surface area (Å²) in [4.78, 5) is 44.6. The highest BCUT2D eigenvalue weighted by Crippen LogP contribution is 2.58. The van der Waals surface area contributed by atoms with Crippen LogP contribution in [0.2, 0.25) is 0 Å². The van der Waals surface area contributed by atoms with Crippen molar-refractivity contribution < 1.29 is 29.0 Å². The fourth-order valence-electron chi connectivity index (χ4n) is 5.97. The van der Waals surface area contributed by atoms with Crippen molar-refractivity contribution in [1.29, 1.82) is 0 Å². The molecule has 0 saturated carbocycles. The molecule has 0 aromatic carbocycles. The summed E-state index contributed by atoms with van der Waals surface area (Å²) in [5, 5.41) is 9.27. The number of hydrogen-bond acceptors (Lipinski definition) is 6. The molecular formula is C25H36N2O6. The number of amides is 2. The predicted octanol–water partition coefficient (Wildman–Crippen LogP) is 1.82. The van der Waals surface area contributed by atoms with Crippen molar-refractivity contribution in [2.75, 3.05) is 26.3 Å². The minimum Gasteiger partial charge on any atom is -0.465 e. The monoisotopic (exact) mass is 460 g/mol. The number of nitrogens with zero attached hydrogens (tertiary/aromatic N) is 2. The van der Waals surface area contributed by atoms with Gasteiger partial charge in [-0.05, 0) is 46.5 Å². The highest BCUT2D eigenvalue weighted by Gasteiger charge is 2.75. The van der Waals surface area contributed by atoms with Gasteiger partial charge >= 0.3 is 5.97 Å². The van der Waals surface area contributed by atoms with E-state index in [1.54, 1.807) is 9.80 Å². The number of hydrogen-bond donors (Lipinski definition) is 1. The average molecular weight is 461 g/mol. The zero-order chi connectivity index (χ0) is 24.0. The van der Waals surface area contributed by atoms with Crippen LogP contribution in [0, 0.1) is 11.8 Å². The van der Waals surface area contributed by atoms with Crippen molar-refractivity contribution in [2.45, 2.75) is 76.2 Å². The van der Waals surface area contributed by atoms with Crippen LogP contribution in [0.25, 0.3) is 0 Å². The Hall–Kier alpha value is -2.19. The third kappa shape index (κ3) is 3.62. The molecule has 2 saturated heterocycles. The number of carbonyl (C=O) groups is 3. The number of fused-ring (bicyclic) bond motifs is 2. The molecule has 0 radical (unpaired) electrons. The second kappa shape index (κ2) is 8.55. The maximum Gasteiger partial charge on any atom is 0.313 e. The fourth-order valence-corrected chi connectivity index (χ4v) is 5.97. The molecule has 4 aliphatic heterocycles. The summed E-state index contributed by atoms with van der Waals surface area (Å²) in [5.74, 6) is -2.53. The lowest BCUT2D eigenvalue weighted by atomic mass is 9.73. The van der Waals surface area contributed by atoms with Gasteiger partial charge in [-0.15, -0.1) is 0 Å². The Kier molecular flexibility index (Phi) is 6.20. The van der Waals surface area contributed by atoms with Crippen LogP contribution < -0.4 is 0 Å².